The van der Waals surface area contributed by atoms with Crippen LogP contribution < -0.4 is 19.8 Å². The maximum atomic E-state index is 14.0. The Morgan fingerprint density at radius 2 is 1.64 bits per heavy atom. The number of rotatable bonds is 6. The monoisotopic (exact) mass is 641 g/mol. The molecule has 44 heavy (non-hydrogen) atoms. The number of hydrogen-bond acceptors (Lipinski definition) is 7. The van der Waals surface area contributed by atoms with Crippen LogP contribution in [0.1, 0.15) is 16.4 Å². The van der Waals surface area contributed by atoms with E-state index in [0.29, 0.717) is 32.1 Å². The lowest BCUT2D eigenvalue weighted by Crippen LogP contribution is -2.33. The number of hydrogen-bond donors (Lipinski definition) is 1. The van der Waals surface area contributed by atoms with Crippen molar-refractivity contribution in [3.05, 3.63) is 116 Å². The van der Waals surface area contributed by atoms with Crippen LogP contribution in [0.25, 0.3) is 10.8 Å². The van der Waals surface area contributed by atoms with Crippen LogP contribution in [0.5, 0.6) is 5.75 Å². The van der Waals surface area contributed by atoms with E-state index in [1.54, 1.807) is 43.5 Å². The molecule has 0 saturated carbocycles. The first-order valence-corrected chi connectivity index (χ1v) is 15.9. The van der Waals surface area contributed by atoms with Crippen molar-refractivity contribution in [3.8, 4) is 5.75 Å². The van der Waals surface area contributed by atoms with Crippen molar-refractivity contribution < 1.29 is 19.1 Å². The number of carbonyl (C=O) groups excluding carboxylic acids is 3. The number of amides is 3. The smallest absolute Gasteiger partial charge is 0.308 e. The summed E-state index contributed by atoms with van der Waals surface area (Å²) in [7, 11) is 1.54. The fourth-order valence-electron chi connectivity index (χ4n) is 5.88. The van der Waals surface area contributed by atoms with Gasteiger partial charge in [0, 0.05) is 21.5 Å². The molecule has 7 rings (SSSR count). The normalized spacial score (nSPS) is 19.1. The van der Waals surface area contributed by atoms with Crippen LogP contribution in [0.4, 0.5) is 11.4 Å². The zero-order valence-electron chi connectivity index (χ0n) is 23.2. The average molecular weight is 642 g/mol. The third-order valence-electron chi connectivity index (χ3n) is 7.94. The predicted octanol–water partition coefficient (Wildman–Crippen LogP) is 6.16. The molecule has 3 heterocycles. The zero-order chi connectivity index (χ0) is 30.5. The summed E-state index contributed by atoms with van der Waals surface area (Å²) in [4.78, 5) is 56.1. The summed E-state index contributed by atoms with van der Waals surface area (Å²) in [5.74, 6) is -1.80. The van der Waals surface area contributed by atoms with Gasteiger partial charge < -0.3 is 10.1 Å². The molecule has 3 amide bonds. The number of fused-ring (bicyclic) bond motifs is 3. The molecule has 220 valence electrons. The molecule has 2 aliphatic heterocycles. The lowest BCUT2D eigenvalue weighted by molar-refractivity contribution is -0.122. The predicted molar refractivity (Wildman–Crippen MR) is 173 cm³/mol. The Morgan fingerprint density at radius 3 is 2.36 bits per heavy atom. The van der Waals surface area contributed by atoms with Crippen LogP contribution in [-0.4, -0.2) is 34.6 Å². The number of halogens is 1. The van der Waals surface area contributed by atoms with E-state index in [9.17, 15) is 19.2 Å². The van der Waals surface area contributed by atoms with Gasteiger partial charge in [0.15, 0.2) is 0 Å². The Bertz CT molecular complexity index is 2010. The highest BCUT2D eigenvalue weighted by Gasteiger charge is 2.56. The number of ether oxygens (including phenoxy) is 1. The molecule has 0 radical (unpaired) electrons. The molecule has 11 heteroatoms. The van der Waals surface area contributed by atoms with Gasteiger partial charge >= 0.3 is 4.87 Å². The minimum Gasteiger partial charge on any atom is -0.497 e. The fourth-order valence-corrected chi connectivity index (χ4v) is 8.78. The van der Waals surface area contributed by atoms with Gasteiger partial charge in [-0.1, -0.05) is 77.2 Å². The second-order valence-electron chi connectivity index (χ2n) is 10.5. The fraction of sp³-hybridized carbons (Fsp3) is 0.152. The Balaban J connectivity index is 1.25. The third kappa shape index (κ3) is 4.89. The molecule has 1 saturated heterocycles. The van der Waals surface area contributed by atoms with E-state index in [0.717, 1.165) is 27.7 Å². The summed E-state index contributed by atoms with van der Waals surface area (Å²) in [6, 6.07) is 27.3. The van der Waals surface area contributed by atoms with Crippen molar-refractivity contribution in [2.75, 3.05) is 17.3 Å². The van der Waals surface area contributed by atoms with E-state index in [-0.39, 0.29) is 29.1 Å². The van der Waals surface area contributed by atoms with Crippen molar-refractivity contribution >= 4 is 74.6 Å². The third-order valence-corrected chi connectivity index (χ3v) is 10.8. The lowest BCUT2D eigenvalue weighted by Gasteiger charge is -2.30. The van der Waals surface area contributed by atoms with Gasteiger partial charge in [0.1, 0.15) is 17.5 Å². The van der Waals surface area contributed by atoms with E-state index < -0.39 is 17.1 Å². The molecule has 8 nitrogen and oxygen atoms in total. The van der Waals surface area contributed by atoms with E-state index in [1.807, 2.05) is 54.6 Å². The van der Waals surface area contributed by atoms with Gasteiger partial charge in [-0.3, -0.25) is 23.7 Å². The molecule has 0 unspecified atom stereocenters. The van der Waals surface area contributed by atoms with Crippen LogP contribution in [0.3, 0.4) is 0 Å². The van der Waals surface area contributed by atoms with Crippen LogP contribution >= 0.6 is 34.7 Å². The molecule has 0 bridgehead atoms. The summed E-state index contributed by atoms with van der Waals surface area (Å²) in [6.45, 7) is -0.237. The highest BCUT2D eigenvalue weighted by molar-refractivity contribution is 8.00. The number of carbonyl (C=O) groups is 3. The number of nitrogens with one attached hydrogen (secondary N) is 1. The molecule has 1 N–H and O–H groups in total. The number of benzene rings is 4. The van der Waals surface area contributed by atoms with Crippen LogP contribution in [0, 0.1) is 5.92 Å². The van der Waals surface area contributed by atoms with Gasteiger partial charge in [-0.15, -0.1) is 0 Å². The first-order valence-electron chi connectivity index (χ1n) is 13.8. The topological polar surface area (TPSA) is 97.7 Å². The number of aromatic nitrogens is 1. The van der Waals surface area contributed by atoms with Gasteiger partial charge in [0.25, 0.3) is 0 Å². The van der Waals surface area contributed by atoms with Crippen LogP contribution in [0.15, 0.2) is 101 Å². The molecular weight excluding hydrogens is 618 g/mol. The van der Waals surface area contributed by atoms with Gasteiger partial charge in [-0.25, -0.2) is 4.90 Å². The summed E-state index contributed by atoms with van der Waals surface area (Å²) in [5, 5.41) is 5.19. The first kappa shape index (κ1) is 28.4. The maximum Gasteiger partial charge on any atom is 0.308 e. The first-order chi connectivity index (χ1) is 21.3. The highest BCUT2D eigenvalue weighted by Crippen LogP contribution is 2.54. The number of thiazole rings is 1. The molecule has 5 aromatic rings. The summed E-state index contributed by atoms with van der Waals surface area (Å²) in [6.07, 6.45) is 0. The van der Waals surface area contributed by atoms with Crippen molar-refractivity contribution in [1.82, 2.24) is 4.57 Å². The number of nitrogens with zero attached hydrogens (tertiary/aromatic N) is 2. The van der Waals surface area contributed by atoms with Crippen LogP contribution in [0.2, 0.25) is 5.02 Å². The summed E-state index contributed by atoms with van der Waals surface area (Å²) in [5.41, 5.74) is 1.82. The van der Waals surface area contributed by atoms with Gasteiger partial charge in [-0.2, -0.15) is 0 Å². The average Bonchev–Trinajstić information content (AvgIpc) is 3.47. The minimum atomic E-state index is -0.790. The molecule has 4 aromatic carbocycles. The Morgan fingerprint density at radius 1 is 0.909 bits per heavy atom. The molecular formula is C33H24ClN3O5S2. The standard InChI is InChI=1S/C33H24ClN3O5S2/c1-42-24-14-12-23(13-15-24)37-30(39)27-26(19-6-9-21(34)10-7-19)29-32(43-28(27)31(37)40)36(33(41)44-29)17-25(38)35-22-11-8-18-4-2-3-5-20(18)16-22/h2-16,26-28H,17H2,1H3,(H,35,38)/t26-,27-,28+/m0/s1. The number of methoxy groups -OCH3 is 1. The highest BCUT2D eigenvalue weighted by atomic mass is 35.5. The minimum absolute atomic E-state index is 0.237. The van der Waals surface area contributed by atoms with E-state index >= 15 is 0 Å². The van der Waals surface area contributed by atoms with Crippen molar-refractivity contribution in [3.63, 3.8) is 0 Å². The molecule has 3 atom stereocenters. The van der Waals surface area contributed by atoms with E-state index in [1.165, 1.54) is 21.2 Å². The Hall–Kier alpha value is -4.38. The SMILES string of the molecule is COc1ccc(N2C(=O)[C@H]3[C@H](c4ccc(Cl)cc4)c4sc(=O)n(CC(=O)Nc5ccc6ccccc6c5)c4S[C@H]3C2=O)cc1. The lowest BCUT2D eigenvalue weighted by atomic mass is 9.83. The van der Waals surface area contributed by atoms with Crippen molar-refractivity contribution in [2.45, 2.75) is 22.7 Å². The van der Waals surface area contributed by atoms with Gasteiger partial charge in [0.05, 0.1) is 23.7 Å². The molecule has 0 spiro atoms. The number of thioether (sulfide) groups is 1. The van der Waals surface area contributed by atoms with E-state index in [2.05, 4.69) is 5.32 Å². The number of imide groups is 1. The Labute approximate surface area is 265 Å². The van der Waals surface area contributed by atoms with Gasteiger partial charge in [0.2, 0.25) is 17.7 Å². The molecule has 1 fully saturated rings. The molecule has 2 aliphatic rings. The molecule has 0 aliphatic carbocycles. The number of anilines is 2. The van der Waals surface area contributed by atoms with Gasteiger partial charge in [-0.05, 0) is 64.9 Å². The molecule has 1 aromatic heterocycles. The second-order valence-corrected chi connectivity index (χ2v) is 13.1. The van der Waals surface area contributed by atoms with Crippen molar-refractivity contribution in [2.24, 2.45) is 5.92 Å². The van der Waals surface area contributed by atoms with Crippen LogP contribution in [-0.2, 0) is 20.9 Å². The summed E-state index contributed by atoms with van der Waals surface area (Å²) >= 11 is 8.37. The Kier molecular flexibility index (Phi) is 7.28. The summed E-state index contributed by atoms with van der Waals surface area (Å²) < 4.78 is 6.65. The second kappa shape index (κ2) is 11.3. The zero-order valence-corrected chi connectivity index (χ0v) is 25.6. The van der Waals surface area contributed by atoms with E-state index in [4.69, 9.17) is 16.3 Å². The van der Waals surface area contributed by atoms with Crippen molar-refractivity contribution in [1.29, 1.82) is 0 Å². The quantitative estimate of drug-likeness (QED) is 0.223. The maximum absolute atomic E-state index is 14.0. The largest absolute Gasteiger partial charge is 0.497 e.